The van der Waals surface area contributed by atoms with Gasteiger partial charge in [-0.15, -0.1) is 0 Å². The summed E-state index contributed by atoms with van der Waals surface area (Å²) in [5, 5.41) is 25.7. The van der Waals surface area contributed by atoms with Crippen LogP contribution >= 0.6 is 0 Å². The molecule has 1 atom stereocenters. The average Bonchev–Trinajstić information content (AvgIpc) is 2.02. The molecule has 0 heterocycles. The van der Waals surface area contributed by atoms with Gasteiger partial charge in [0.1, 0.15) is 0 Å². The van der Waals surface area contributed by atoms with Crippen LogP contribution in [0.3, 0.4) is 0 Å². The van der Waals surface area contributed by atoms with Gasteiger partial charge >= 0.3 is 47.5 Å². The van der Waals surface area contributed by atoms with Gasteiger partial charge in [0.25, 0.3) is 5.41 Å². The second-order valence-electron chi connectivity index (χ2n) is 2.57. The first-order valence-corrected chi connectivity index (χ1v) is 3.47. The standard InChI is InChI=1S/C6H10N2O6.Na.H/c7-1-2(8)6(3(9)10,4(11)12)5(13)14;;/h2H,1,7-8H2,(H,9,10)(H,11,12)(H,13,14);;. The first-order valence-electron chi connectivity index (χ1n) is 3.47. The second-order valence-corrected chi connectivity index (χ2v) is 2.57. The van der Waals surface area contributed by atoms with Crippen LogP contribution in [0.1, 0.15) is 0 Å². The molecule has 8 nitrogen and oxygen atoms in total. The van der Waals surface area contributed by atoms with E-state index in [-0.39, 0.29) is 29.6 Å². The number of carbonyl (C=O) groups is 3. The van der Waals surface area contributed by atoms with Crippen molar-refractivity contribution in [3.05, 3.63) is 0 Å². The number of carboxylic acids is 3. The first-order chi connectivity index (χ1) is 6.31. The third kappa shape index (κ3) is 2.67. The zero-order valence-electron chi connectivity index (χ0n) is 7.01. The SMILES string of the molecule is NCC(N)C(C(=O)O)(C(=O)O)C(=O)O.[NaH]. The number of nitrogens with two attached hydrogens (primary N) is 2. The van der Waals surface area contributed by atoms with Crippen molar-refractivity contribution in [1.82, 2.24) is 0 Å². The predicted molar refractivity (Wildman–Crippen MR) is 49.5 cm³/mol. The number of hydrogen-bond donors (Lipinski definition) is 5. The summed E-state index contributed by atoms with van der Waals surface area (Å²) in [6.45, 7) is -0.565. The van der Waals surface area contributed by atoms with Crippen LogP contribution in [0.4, 0.5) is 0 Å². The van der Waals surface area contributed by atoms with E-state index in [2.05, 4.69) is 0 Å². The molecular formula is C6H11N2NaO6. The summed E-state index contributed by atoms with van der Waals surface area (Å²) >= 11 is 0. The van der Waals surface area contributed by atoms with E-state index in [9.17, 15) is 14.4 Å². The molecule has 82 valence electrons. The fourth-order valence-electron chi connectivity index (χ4n) is 0.927. The van der Waals surface area contributed by atoms with Gasteiger partial charge in [0.05, 0.1) is 6.04 Å². The van der Waals surface area contributed by atoms with Gasteiger partial charge in [-0.05, 0) is 0 Å². The van der Waals surface area contributed by atoms with Crippen molar-refractivity contribution >= 4 is 47.5 Å². The molecule has 7 N–H and O–H groups in total. The van der Waals surface area contributed by atoms with Crippen LogP contribution in [0.5, 0.6) is 0 Å². The van der Waals surface area contributed by atoms with Crippen LogP contribution in [0.15, 0.2) is 0 Å². The molecule has 0 aromatic rings. The molecule has 0 saturated heterocycles. The van der Waals surface area contributed by atoms with E-state index >= 15 is 0 Å². The maximum absolute atomic E-state index is 10.6. The van der Waals surface area contributed by atoms with Gasteiger partial charge in [0, 0.05) is 6.54 Å². The topological polar surface area (TPSA) is 164 Å². The van der Waals surface area contributed by atoms with Crippen molar-refractivity contribution in [3.63, 3.8) is 0 Å². The summed E-state index contributed by atoms with van der Waals surface area (Å²) in [5.41, 5.74) is 6.96. The quantitative estimate of drug-likeness (QED) is 0.244. The molecule has 0 amide bonds. The van der Waals surface area contributed by atoms with Crippen molar-refractivity contribution in [2.45, 2.75) is 6.04 Å². The maximum atomic E-state index is 10.6. The zero-order valence-corrected chi connectivity index (χ0v) is 7.01. The summed E-state index contributed by atoms with van der Waals surface area (Å²) in [7, 11) is 0. The monoisotopic (exact) mass is 230 g/mol. The van der Waals surface area contributed by atoms with E-state index in [4.69, 9.17) is 26.8 Å². The fraction of sp³-hybridized carbons (Fsp3) is 0.500. The van der Waals surface area contributed by atoms with Crippen molar-refractivity contribution in [3.8, 4) is 0 Å². The van der Waals surface area contributed by atoms with Gasteiger partial charge in [-0.2, -0.15) is 0 Å². The minimum atomic E-state index is -3.09. The van der Waals surface area contributed by atoms with Gasteiger partial charge in [-0.25, -0.2) is 0 Å². The molecular weight excluding hydrogens is 219 g/mol. The van der Waals surface area contributed by atoms with E-state index in [0.717, 1.165) is 0 Å². The molecule has 0 saturated carbocycles. The number of aliphatic carboxylic acids is 3. The van der Waals surface area contributed by atoms with Crippen molar-refractivity contribution in [2.75, 3.05) is 6.54 Å². The molecule has 9 heteroatoms. The zero-order chi connectivity index (χ0) is 11.5. The minimum absolute atomic E-state index is 0. The summed E-state index contributed by atoms with van der Waals surface area (Å²) in [5.74, 6) is -6.14. The molecule has 0 rings (SSSR count). The normalized spacial score (nSPS) is 12.4. The molecule has 0 radical (unpaired) electrons. The Morgan fingerprint density at radius 2 is 1.33 bits per heavy atom. The third-order valence-corrected chi connectivity index (χ3v) is 1.82. The van der Waals surface area contributed by atoms with E-state index in [1.165, 1.54) is 0 Å². The Bertz CT molecular complexity index is 245. The molecule has 0 fully saturated rings. The Morgan fingerprint density at radius 1 is 1.07 bits per heavy atom. The Kier molecular flexibility index (Phi) is 6.73. The Hall–Kier alpha value is -0.670. The Labute approximate surface area is 107 Å². The van der Waals surface area contributed by atoms with Crippen LogP contribution in [-0.2, 0) is 14.4 Å². The van der Waals surface area contributed by atoms with Gasteiger partial charge < -0.3 is 26.8 Å². The molecule has 0 aromatic carbocycles. The summed E-state index contributed by atoms with van der Waals surface area (Å²) < 4.78 is 0. The van der Waals surface area contributed by atoms with Crippen LogP contribution in [0.25, 0.3) is 0 Å². The summed E-state index contributed by atoms with van der Waals surface area (Å²) in [6, 6.07) is -1.70. The Balaban J connectivity index is 0. The summed E-state index contributed by atoms with van der Waals surface area (Å²) in [6.07, 6.45) is 0. The summed E-state index contributed by atoms with van der Waals surface area (Å²) in [4.78, 5) is 31.8. The number of hydrogen-bond acceptors (Lipinski definition) is 5. The molecule has 0 aliphatic carbocycles. The van der Waals surface area contributed by atoms with Gasteiger partial charge in [-0.1, -0.05) is 0 Å². The van der Waals surface area contributed by atoms with Gasteiger partial charge in [0.15, 0.2) is 0 Å². The fourth-order valence-corrected chi connectivity index (χ4v) is 0.927. The van der Waals surface area contributed by atoms with E-state index in [1.54, 1.807) is 0 Å². The molecule has 0 aliphatic rings. The van der Waals surface area contributed by atoms with E-state index in [0.29, 0.717) is 0 Å². The van der Waals surface area contributed by atoms with Crippen LogP contribution in [0, 0.1) is 5.41 Å². The molecule has 0 aliphatic heterocycles. The van der Waals surface area contributed by atoms with E-state index < -0.39 is 35.9 Å². The van der Waals surface area contributed by atoms with Crippen LogP contribution < -0.4 is 11.5 Å². The number of rotatable bonds is 5. The predicted octanol–water partition coefficient (Wildman–Crippen LogP) is -3.14. The van der Waals surface area contributed by atoms with Crippen LogP contribution in [-0.4, -0.2) is 75.4 Å². The van der Waals surface area contributed by atoms with Gasteiger partial charge in [0.2, 0.25) is 0 Å². The molecule has 15 heavy (non-hydrogen) atoms. The van der Waals surface area contributed by atoms with Crippen molar-refractivity contribution < 1.29 is 29.7 Å². The van der Waals surface area contributed by atoms with E-state index in [1.807, 2.05) is 0 Å². The molecule has 1 unspecified atom stereocenters. The Morgan fingerprint density at radius 3 is 1.40 bits per heavy atom. The molecule has 0 spiro atoms. The second kappa shape index (κ2) is 6.03. The van der Waals surface area contributed by atoms with Crippen molar-refractivity contribution in [2.24, 2.45) is 16.9 Å². The first kappa shape index (κ1) is 16.7. The average molecular weight is 230 g/mol. The van der Waals surface area contributed by atoms with Gasteiger partial charge in [-0.3, -0.25) is 14.4 Å². The van der Waals surface area contributed by atoms with Crippen molar-refractivity contribution in [1.29, 1.82) is 0 Å². The number of carboxylic acid groups (broad SMARTS) is 3. The van der Waals surface area contributed by atoms with Crippen LogP contribution in [0.2, 0.25) is 0 Å². The third-order valence-electron chi connectivity index (χ3n) is 1.82. The molecule has 0 bridgehead atoms. The molecule has 0 aromatic heterocycles.